The van der Waals surface area contributed by atoms with Crippen LogP contribution in [0.1, 0.15) is 42.6 Å². The first-order chi connectivity index (χ1) is 9.67. The van der Waals surface area contributed by atoms with Crippen LogP contribution >= 0.6 is 23.1 Å². The van der Waals surface area contributed by atoms with E-state index in [0.717, 1.165) is 47.2 Å². The molecule has 0 spiro atoms. The molecule has 2 aromatic heterocycles. The zero-order valence-electron chi connectivity index (χ0n) is 12.1. The van der Waals surface area contributed by atoms with E-state index in [1.165, 1.54) is 11.5 Å². The summed E-state index contributed by atoms with van der Waals surface area (Å²) >= 11 is 7.82. The molecule has 0 fully saturated rings. The molecule has 1 unspecified atom stereocenters. The van der Waals surface area contributed by atoms with E-state index in [-0.39, 0.29) is 6.04 Å². The lowest BCUT2D eigenvalue weighted by molar-refractivity contribution is 0.508. The lowest BCUT2D eigenvalue weighted by Crippen LogP contribution is -2.24. The fraction of sp³-hybridized carbons (Fsp3) is 0.615. The Morgan fingerprint density at radius 3 is 2.85 bits per heavy atom. The van der Waals surface area contributed by atoms with Crippen molar-refractivity contribution in [1.29, 1.82) is 0 Å². The highest BCUT2D eigenvalue weighted by Crippen LogP contribution is 2.27. The maximum absolute atomic E-state index is 6.39. The molecule has 2 aromatic rings. The summed E-state index contributed by atoms with van der Waals surface area (Å²) in [5.41, 5.74) is 1.97. The summed E-state index contributed by atoms with van der Waals surface area (Å²) in [5, 5.41) is 12.7. The van der Waals surface area contributed by atoms with E-state index >= 15 is 0 Å². The Balaban J connectivity index is 2.23. The van der Waals surface area contributed by atoms with Crippen molar-refractivity contribution in [3.63, 3.8) is 0 Å². The van der Waals surface area contributed by atoms with Gasteiger partial charge >= 0.3 is 0 Å². The van der Waals surface area contributed by atoms with Gasteiger partial charge in [-0.3, -0.25) is 4.68 Å². The van der Waals surface area contributed by atoms with Crippen LogP contribution in [0.15, 0.2) is 6.20 Å². The second-order valence-corrected chi connectivity index (χ2v) is 5.89. The quantitative estimate of drug-likeness (QED) is 0.853. The molecule has 2 heterocycles. The summed E-state index contributed by atoms with van der Waals surface area (Å²) in [6.45, 7) is 7.96. The van der Waals surface area contributed by atoms with E-state index in [9.17, 15) is 0 Å². The first-order valence-electron chi connectivity index (χ1n) is 6.89. The Morgan fingerprint density at radius 1 is 1.45 bits per heavy atom. The van der Waals surface area contributed by atoms with Gasteiger partial charge in [-0.25, -0.2) is 0 Å². The summed E-state index contributed by atoms with van der Waals surface area (Å²) in [7, 11) is 0. The summed E-state index contributed by atoms with van der Waals surface area (Å²) in [6.07, 6.45) is 3.71. The van der Waals surface area contributed by atoms with Crippen molar-refractivity contribution in [1.82, 2.24) is 24.7 Å². The SMILES string of the molecule is CCCNC(Cc1c(Cl)c(C)nn1CC)c1cnns1. The lowest BCUT2D eigenvalue weighted by Gasteiger charge is -2.17. The van der Waals surface area contributed by atoms with Crippen molar-refractivity contribution in [2.75, 3.05) is 6.54 Å². The predicted molar refractivity (Wildman–Crippen MR) is 82.3 cm³/mol. The maximum atomic E-state index is 6.39. The Hall–Kier alpha value is -0.980. The van der Waals surface area contributed by atoms with Gasteiger partial charge in [0.25, 0.3) is 0 Å². The Kier molecular flexibility index (Phi) is 5.51. The van der Waals surface area contributed by atoms with Gasteiger partial charge < -0.3 is 5.32 Å². The first kappa shape index (κ1) is 15.4. The van der Waals surface area contributed by atoms with E-state index in [4.69, 9.17) is 11.6 Å². The molecule has 7 heteroatoms. The van der Waals surface area contributed by atoms with Gasteiger partial charge in [-0.05, 0) is 38.3 Å². The molecular weight excluding hydrogens is 294 g/mol. The van der Waals surface area contributed by atoms with Crippen LogP contribution in [0.5, 0.6) is 0 Å². The van der Waals surface area contributed by atoms with Gasteiger partial charge in [0, 0.05) is 13.0 Å². The summed E-state index contributed by atoms with van der Waals surface area (Å²) in [6, 6.07) is 0.189. The molecule has 2 rings (SSSR count). The summed E-state index contributed by atoms with van der Waals surface area (Å²) in [5.74, 6) is 0. The zero-order chi connectivity index (χ0) is 14.5. The van der Waals surface area contributed by atoms with E-state index in [1.807, 2.05) is 17.8 Å². The number of aryl methyl sites for hydroxylation is 2. The molecule has 0 saturated carbocycles. The highest BCUT2D eigenvalue weighted by Gasteiger charge is 2.20. The highest BCUT2D eigenvalue weighted by molar-refractivity contribution is 7.05. The van der Waals surface area contributed by atoms with Crippen molar-refractivity contribution >= 4 is 23.1 Å². The van der Waals surface area contributed by atoms with Crippen LogP contribution < -0.4 is 5.32 Å². The van der Waals surface area contributed by atoms with Crippen molar-refractivity contribution in [3.8, 4) is 0 Å². The molecule has 0 aliphatic heterocycles. The van der Waals surface area contributed by atoms with Crippen LogP contribution in [0.2, 0.25) is 5.02 Å². The van der Waals surface area contributed by atoms with Gasteiger partial charge in [0.05, 0.1) is 33.5 Å². The van der Waals surface area contributed by atoms with Crippen LogP contribution in [-0.4, -0.2) is 25.9 Å². The molecule has 0 bridgehead atoms. The fourth-order valence-electron chi connectivity index (χ4n) is 2.18. The van der Waals surface area contributed by atoms with Crippen LogP contribution in [0.3, 0.4) is 0 Å². The van der Waals surface area contributed by atoms with Gasteiger partial charge in [-0.2, -0.15) is 5.10 Å². The fourth-order valence-corrected chi connectivity index (χ4v) is 2.97. The smallest absolute Gasteiger partial charge is 0.0847 e. The first-order valence-corrected chi connectivity index (χ1v) is 8.04. The minimum Gasteiger partial charge on any atom is -0.309 e. The third-order valence-electron chi connectivity index (χ3n) is 3.21. The maximum Gasteiger partial charge on any atom is 0.0847 e. The number of halogens is 1. The topological polar surface area (TPSA) is 55.6 Å². The van der Waals surface area contributed by atoms with E-state index in [1.54, 1.807) is 0 Å². The number of aromatic nitrogens is 4. The average Bonchev–Trinajstić information content (AvgIpc) is 3.06. The summed E-state index contributed by atoms with van der Waals surface area (Å²) < 4.78 is 5.94. The van der Waals surface area contributed by atoms with Crippen LogP contribution in [0, 0.1) is 6.92 Å². The van der Waals surface area contributed by atoms with E-state index < -0.39 is 0 Å². The molecule has 0 amide bonds. The van der Waals surface area contributed by atoms with Crippen LogP contribution in [0.4, 0.5) is 0 Å². The monoisotopic (exact) mass is 313 g/mol. The minimum absolute atomic E-state index is 0.189. The number of hydrogen-bond donors (Lipinski definition) is 1. The Bertz CT molecular complexity index is 537. The molecular formula is C13H20ClN5S. The molecule has 0 aromatic carbocycles. The van der Waals surface area contributed by atoms with E-state index in [2.05, 4.69) is 33.8 Å². The summed E-state index contributed by atoms with van der Waals surface area (Å²) in [4.78, 5) is 1.14. The lowest BCUT2D eigenvalue weighted by atomic mass is 10.1. The number of nitrogens with one attached hydrogen (secondary N) is 1. The minimum atomic E-state index is 0.189. The molecule has 0 saturated heterocycles. The second-order valence-electron chi connectivity index (χ2n) is 4.69. The van der Waals surface area contributed by atoms with Gasteiger partial charge in [0.2, 0.25) is 0 Å². The van der Waals surface area contributed by atoms with Crippen LogP contribution in [-0.2, 0) is 13.0 Å². The Morgan fingerprint density at radius 2 is 2.25 bits per heavy atom. The highest BCUT2D eigenvalue weighted by atomic mass is 35.5. The number of hydrogen-bond acceptors (Lipinski definition) is 5. The molecule has 0 aliphatic carbocycles. The van der Waals surface area contributed by atoms with Crippen molar-refractivity contribution < 1.29 is 0 Å². The molecule has 1 atom stereocenters. The average molecular weight is 314 g/mol. The van der Waals surface area contributed by atoms with Crippen LogP contribution in [0.25, 0.3) is 0 Å². The van der Waals surface area contributed by atoms with Crippen molar-refractivity contribution in [2.45, 2.75) is 46.2 Å². The normalized spacial score (nSPS) is 12.8. The largest absolute Gasteiger partial charge is 0.309 e. The number of nitrogens with zero attached hydrogens (tertiary/aromatic N) is 4. The van der Waals surface area contributed by atoms with E-state index in [0.29, 0.717) is 0 Å². The third-order valence-corrected chi connectivity index (χ3v) is 4.48. The molecule has 0 aliphatic rings. The molecule has 20 heavy (non-hydrogen) atoms. The molecule has 1 N–H and O–H groups in total. The third kappa shape index (κ3) is 3.37. The van der Waals surface area contributed by atoms with Gasteiger partial charge in [-0.1, -0.05) is 23.0 Å². The molecule has 110 valence electrons. The Labute approximate surface area is 128 Å². The molecule has 0 radical (unpaired) electrons. The standard InChI is InChI=1S/C13H20ClN5S/c1-4-6-15-10(12-8-16-18-20-12)7-11-13(14)9(3)17-19(11)5-2/h8,10,15H,4-7H2,1-3H3. The number of rotatable bonds is 7. The predicted octanol–water partition coefficient (Wildman–Crippen LogP) is 3.00. The zero-order valence-corrected chi connectivity index (χ0v) is 13.6. The van der Waals surface area contributed by atoms with Gasteiger partial charge in [-0.15, -0.1) is 5.10 Å². The van der Waals surface area contributed by atoms with Crippen molar-refractivity contribution in [2.24, 2.45) is 0 Å². The van der Waals surface area contributed by atoms with Crippen molar-refractivity contribution in [3.05, 3.63) is 27.5 Å². The van der Waals surface area contributed by atoms with Gasteiger partial charge in [0.1, 0.15) is 0 Å². The second kappa shape index (κ2) is 7.15. The molecule has 5 nitrogen and oxygen atoms in total. The van der Waals surface area contributed by atoms with Gasteiger partial charge in [0.15, 0.2) is 0 Å².